The molecule has 0 aliphatic heterocycles. The fraction of sp³-hybridized carbons (Fsp3) is 0.300. The number of amides is 1. The van der Waals surface area contributed by atoms with Gasteiger partial charge in [-0.15, -0.1) is 0 Å². The summed E-state index contributed by atoms with van der Waals surface area (Å²) in [6.07, 6.45) is 1.53. The summed E-state index contributed by atoms with van der Waals surface area (Å²) in [5, 5.41) is 6.70. The lowest BCUT2D eigenvalue weighted by Gasteiger charge is -2.12. The van der Waals surface area contributed by atoms with Gasteiger partial charge in [0, 0.05) is 18.2 Å². The number of ether oxygens (including phenoxy) is 1. The Morgan fingerprint density at radius 1 is 1.29 bits per heavy atom. The number of carbonyl (C=O) groups excluding carboxylic acids is 1. The number of anilines is 1. The van der Waals surface area contributed by atoms with E-state index < -0.39 is 0 Å². The summed E-state index contributed by atoms with van der Waals surface area (Å²) in [7, 11) is 1.53. The van der Waals surface area contributed by atoms with Gasteiger partial charge in [-0.05, 0) is 30.7 Å². The van der Waals surface area contributed by atoms with Crippen LogP contribution in [0.5, 0.6) is 5.75 Å². The molecule has 1 amide bonds. The zero-order valence-electron chi connectivity index (χ0n) is 16.2. The van der Waals surface area contributed by atoms with E-state index >= 15 is 0 Å². The van der Waals surface area contributed by atoms with Crippen LogP contribution in [0.15, 0.2) is 45.8 Å². The van der Waals surface area contributed by atoms with Gasteiger partial charge in [0.25, 0.3) is 11.4 Å². The van der Waals surface area contributed by atoms with Crippen molar-refractivity contribution < 1.29 is 14.1 Å². The second kappa shape index (κ2) is 8.08. The van der Waals surface area contributed by atoms with Gasteiger partial charge in [0.15, 0.2) is 5.82 Å². The molecule has 1 N–H and O–H groups in total. The minimum atomic E-state index is -0.350. The molecule has 146 valence electrons. The fourth-order valence-corrected chi connectivity index (χ4v) is 2.63. The van der Waals surface area contributed by atoms with E-state index in [0.29, 0.717) is 28.7 Å². The predicted molar refractivity (Wildman–Crippen MR) is 104 cm³/mol. The Labute approximate surface area is 162 Å². The largest absolute Gasteiger partial charge is 0.495 e. The first-order valence-electron chi connectivity index (χ1n) is 8.86. The number of nitrogens with zero attached hydrogens (tertiary/aromatic N) is 3. The van der Waals surface area contributed by atoms with Crippen LogP contribution >= 0.6 is 0 Å². The van der Waals surface area contributed by atoms with Crippen molar-refractivity contribution in [2.45, 2.75) is 33.2 Å². The molecule has 0 aliphatic rings. The molecule has 0 spiro atoms. The van der Waals surface area contributed by atoms with Gasteiger partial charge in [-0.1, -0.05) is 25.1 Å². The Bertz CT molecular complexity index is 1050. The van der Waals surface area contributed by atoms with E-state index in [1.54, 1.807) is 12.1 Å². The van der Waals surface area contributed by atoms with Crippen LogP contribution in [0.4, 0.5) is 5.69 Å². The summed E-state index contributed by atoms with van der Waals surface area (Å²) in [6, 6.07) is 8.44. The zero-order chi connectivity index (χ0) is 20.3. The van der Waals surface area contributed by atoms with Crippen molar-refractivity contribution in [2.75, 3.05) is 12.4 Å². The SMILES string of the molecule is COc1ccc(C)cc1NC(=O)Cn1cc(-c2nc(C(C)C)no2)ccc1=O. The van der Waals surface area contributed by atoms with Crippen molar-refractivity contribution in [3.63, 3.8) is 0 Å². The molecule has 8 heteroatoms. The number of methoxy groups -OCH3 is 1. The molecule has 2 heterocycles. The topological polar surface area (TPSA) is 99.2 Å². The number of aromatic nitrogens is 3. The molecule has 3 aromatic rings. The van der Waals surface area contributed by atoms with Gasteiger partial charge in [-0.25, -0.2) is 0 Å². The van der Waals surface area contributed by atoms with Crippen LogP contribution in [-0.4, -0.2) is 27.7 Å². The van der Waals surface area contributed by atoms with Gasteiger partial charge in [-0.3, -0.25) is 9.59 Å². The van der Waals surface area contributed by atoms with E-state index in [1.807, 2.05) is 32.9 Å². The third-order valence-corrected chi connectivity index (χ3v) is 4.13. The van der Waals surface area contributed by atoms with Crippen LogP contribution in [0.25, 0.3) is 11.5 Å². The monoisotopic (exact) mass is 382 g/mol. The molecule has 2 aromatic heterocycles. The number of pyridine rings is 1. The Morgan fingerprint density at radius 2 is 2.07 bits per heavy atom. The van der Waals surface area contributed by atoms with Crippen LogP contribution in [0, 0.1) is 6.92 Å². The Kier molecular flexibility index (Phi) is 5.58. The molecule has 3 rings (SSSR count). The van der Waals surface area contributed by atoms with Crippen molar-refractivity contribution in [1.82, 2.24) is 14.7 Å². The molecule has 0 atom stereocenters. The number of hydrogen-bond donors (Lipinski definition) is 1. The molecule has 0 saturated heterocycles. The van der Waals surface area contributed by atoms with Crippen molar-refractivity contribution in [2.24, 2.45) is 0 Å². The summed E-state index contributed by atoms with van der Waals surface area (Å²) in [4.78, 5) is 29.0. The zero-order valence-corrected chi connectivity index (χ0v) is 16.2. The van der Waals surface area contributed by atoms with Crippen molar-refractivity contribution in [1.29, 1.82) is 0 Å². The standard InChI is InChI=1S/C20H22N4O4/c1-12(2)19-22-20(28-23-19)14-6-8-18(26)24(10-14)11-17(25)21-15-9-13(3)5-7-16(15)27-4/h5-10,12H,11H2,1-4H3,(H,21,25). The lowest BCUT2D eigenvalue weighted by molar-refractivity contribution is -0.116. The minimum Gasteiger partial charge on any atom is -0.495 e. The highest BCUT2D eigenvalue weighted by molar-refractivity contribution is 5.92. The summed E-state index contributed by atoms with van der Waals surface area (Å²) < 4.78 is 11.8. The number of hydrogen-bond acceptors (Lipinski definition) is 6. The highest BCUT2D eigenvalue weighted by Crippen LogP contribution is 2.25. The van der Waals surface area contributed by atoms with Crippen LogP contribution in [-0.2, 0) is 11.3 Å². The Hall–Kier alpha value is -3.42. The summed E-state index contributed by atoms with van der Waals surface area (Å²) in [6.45, 7) is 5.67. The smallest absolute Gasteiger partial charge is 0.259 e. The molecule has 8 nitrogen and oxygen atoms in total. The highest BCUT2D eigenvalue weighted by Gasteiger charge is 2.14. The quantitative estimate of drug-likeness (QED) is 0.704. The molecule has 0 unspecified atom stereocenters. The highest BCUT2D eigenvalue weighted by atomic mass is 16.5. The van der Waals surface area contributed by atoms with E-state index in [2.05, 4.69) is 15.5 Å². The normalized spacial score (nSPS) is 10.9. The van der Waals surface area contributed by atoms with Gasteiger partial charge in [0.2, 0.25) is 5.91 Å². The van der Waals surface area contributed by atoms with Crippen molar-refractivity contribution in [3.8, 4) is 17.2 Å². The first-order valence-corrected chi connectivity index (χ1v) is 8.86. The lowest BCUT2D eigenvalue weighted by Crippen LogP contribution is -2.27. The number of aryl methyl sites for hydroxylation is 1. The summed E-state index contributed by atoms with van der Waals surface area (Å²) >= 11 is 0. The third kappa shape index (κ3) is 4.28. The van der Waals surface area contributed by atoms with Gasteiger partial charge in [0.1, 0.15) is 12.3 Å². The maximum Gasteiger partial charge on any atom is 0.259 e. The van der Waals surface area contributed by atoms with E-state index in [1.165, 1.54) is 23.9 Å². The van der Waals surface area contributed by atoms with Gasteiger partial charge < -0.3 is 19.1 Å². The van der Waals surface area contributed by atoms with Crippen LogP contribution < -0.4 is 15.6 Å². The summed E-state index contributed by atoms with van der Waals surface area (Å²) in [5.41, 5.74) is 1.79. The minimum absolute atomic E-state index is 0.124. The Morgan fingerprint density at radius 3 is 2.75 bits per heavy atom. The number of nitrogens with one attached hydrogen (secondary N) is 1. The number of benzene rings is 1. The molecule has 0 bridgehead atoms. The average molecular weight is 382 g/mol. The first kappa shape index (κ1) is 19.3. The van der Waals surface area contributed by atoms with E-state index in [-0.39, 0.29) is 23.9 Å². The van der Waals surface area contributed by atoms with Crippen LogP contribution in [0.3, 0.4) is 0 Å². The third-order valence-electron chi connectivity index (χ3n) is 4.13. The Balaban J connectivity index is 1.81. The second-order valence-corrected chi connectivity index (χ2v) is 6.75. The summed E-state index contributed by atoms with van der Waals surface area (Å²) in [5.74, 6) is 1.21. The molecule has 28 heavy (non-hydrogen) atoms. The van der Waals surface area contributed by atoms with Crippen molar-refractivity contribution in [3.05, 3.63) is 58.3 Å². The molecule has 0 fully saturated rings. The maximum atomic E-state index is 12.5. The molecular formula is C20H22N4O4. The fourth-order valence-electron chi connectivity index (χ4n) is 2.63. The van der Waals surface area contributed by atoms with E-state index in [4.69, 9.17) is 9.26 Å². The average Bonchev–Trinajstić information content (AvgIpc) is 3.14. The lowest BCUT2D eigenvalue weighted by atomic mass is 10.2. The van der Waals surface area contributed by atoms with E-state index in [0.717, 1.165) is 5.56 Å². The molecule has 0 saturated carbocycles. The second-order valence-electron chi connectivity index (χ2n) is 6.75. The number of rotatable bonds is 6. The van der Waals surface area contributed by atoms with Gasteiger partial charge in [0.05, 0.1) is 18.4 Å². The predicted octanol–water partition coefficient (Wildman–Crippen LogP) is 2.98. The number of carbonyl (C=O) groups is 1. The molecule has 0 aliphatic carbocycles. The van der Waals surface area contributed by atoms with Gasteiger partial charge in [-0.2, -0.15) is 4.98 Å². The maximum absolute atomic E-state index is 12.5. The van der Waals surface area contributed by atoms with E-state index in [9.17, 15) is 9.59 Å². The first-order chi connectivity index (χ1) is 13.4. The molecular weight excluding hydrogens is 360 g/mol. The molecule has 1 aromatic carbocycles. The van der Waals surface area contributed by atoms with Crippen LogP contribution in [0.2, 0.25) is 0 Å². The van der Waals surface area contributed by atoms with Gasteiger partial charge >= 0.3 is 0 Å². The molecule has 0 radical (unpaired) electrons. The van der Waals surface area contributed by atoms with Crippen LogP contribution in [0.1, 0.15) is 31.2 Å². The van der Waals surface area contributed by atoms with Crippen molar-refractivity contribution >= 4 is 11.6 Å².